The molecule has 3 N–H and O–H groups in total. The summed E-state index contributed by atoms with van der Waals surface area (Å²) in [4.78, 5) is 27.3. The van der Waals surface area contributed by atoms with Gasteiger partial charge in [-0.25, -0.2) is 9.78 Å². The summed E-state index contributed by atoms with van der Waals surface area (Å²) in [6.45, 7) is 0.0797. The molecule has 8 heteroatoms. The lowest BCUT2D eigenvalue weighted by Gasteiger charge is -2.16. The summed E-state index contributed by atoms with van der Waals surface area (Å²) in [6.07, 6.45) is 2.32. The molecule has 1 aromatic heterocycles. The molecule has 1 atom stereocenters. The number of hydrogen-bond acceptors (Lipinski definition) is 6. The van der Waals surface area contributed by atoms with E-state index in [0.717, 1.165) is 10.9 Å². The molecule has 3 rings (SSSR count). The number of hydrogen-bond donors (Lipinski definition) is 2. The molecular formula is C13H11N3O5. The number of nitrogen functional groups attached to an aromatic ring is 1. The summed E-state index contributed by atoms with van der Waals surface area (Å²) in [6, 6.07) is 3.43. The Hall–Kier alpha value is -3.03. The van der Waals surface area contributed by atoms with Gasteiger partial charge in [0.05, 0.1) is 12.5 Å². The molecule has 0 saturated heterocycles. The molecular weight excluding hydrogens is 278 g/mol. The zero-order valence-electron chi connectivity index (χ0n) is 10.7. The monoisotopic (exact) mass is 289 g/mol. The van der Waals surface area contributed by atoms with Crippen LogP contribution in [0.4, 0.5) is 5.69 Å². The average Bonchev–Trinajstić information content (AvgIpc) is 2.91. The van der Waals surface area contributed by atoms with Gasteiger partial charge in [0.2, 0.25) is 6.79 Å². The van der Waals surface area contributed by atoms with Crippen LogP contribution in [0, 0.1) is 0 Å². The Morgan fingerprint density at radius 2 is 2.14 bits per heavy atom. The second kappa shape index (κ2) is 4.82. The van der Waals surface area contributed by atoms with E-state index in [1.54, 1.807) is 12.1 Å². The Labute approximate surface area is 118 Å². The number of carbonyl (C=O) groups is 1. The predicted octanol–water partition coefficient (Wildman–Crippen LogP) is 0.228. The van der Waals surface area contributed by atoms with Crippen molar-refractivity contribution in [3.05, 3.63) is 46.6 Å². The quantitative estimate of drug-likeness (QED) is 0.830. The Morgan fingerprint density at radius 1 is 1.38 bits per heavy atom. The molecule has 0 amide bonds. The Bertz CT molecular complexity index is 771. The normalized spacial score (nSPS) is 13.9. The lowest BCUT2D eigenvalue weighted by atomic mass is 10.1. The molecule has 0 spiro atoms. The fraction of sp³-hybridized carbons (Fsp3) is 0.154. The van der Waals surface area contributed by atoms with Gasteiger partial charge in [-0.1, -0.05) is 6.07 Å². The second-order valence-corrected chi connectivity index (χ2v) is 4.41. The number of nitrogens with two attached hydrogens (primary N) is 1. The number of ether oxygens (including phenoxy) is 2. The van der Waals surface area contributed by atoms with Gasteiger partial charge in [0, 0.05) is 0 Å². The Morgan fingerprint density at radius 3 is 2.90 bits per heavy atom. The summed E-state index contributed by atoms with van der Waals surface area (Å²) in [7, 11) is 0. The standard InChI is InChI=1S/C13H11N3O5/c14-8-4-15-5-16(12(8)17)11(13(18)19)7-1-2-9-10(3-7)21-6-20-9/h1-5,11H,6,14H2,(H,18,19). The van der Waals surface area contributed by atoms with Crippen LogP contribution in [-0.2, 0) is 4.79 Å². The maximum atomic E-state index is 12.0. The van der Waals surface area contributed by atoms with Gasteiger partial charge in [0.15, 0.2) is 17.5 Å². The van der Waals surface area contributed by atoms with Gasteiger partial charge in [0.25, 0.3) is 5.56 Å². The molecule has 0 bridgehead atoms. The van der Waals surface area contributed by atoms with Crippen molar-refractivity contribution in [3.63, 3.8) is 0 Å². The van der Waals surface area contributed by atoms with E-state index >= 15 is 0 Å². The van der Waals surface area contributed by atoms with Crippen molar-refractivity contribution in [1.82, 2.24) is 9.55 Å². The van der Waals surface area contributed by atoms with Crippen LogP contribution in [-0.4, -0.2) is 27.4 Å². The van der Waals surface area contributed by atoms with Crippen LogP contribution in [0.3, 0.4) is 0 Å². The van der Waals surface area contributed by atoms with E-state index in [9.17, 15) is 14.7 Å². The van der Waals surface area contributed by atoms with Gasteiger partial charge in [0.1, 0.15) is 5.69 Å². The fourth-order valence-corrected chi connectivity index (χ4v) is 2.13. The molecule has 21 heavy (non-hydrogen) atoms. The molecule has 8 nitrogen and oxygen atoms in total. The first-order valence-corrected chi connectivity index (χ1v) is 6.02. The van der Waals surface area contributed by atoms with Gasteiger partial charge >= 0.3 is 5.97 Å². The summed E-state index contributed by atoms with van der Waals surface area (Å²) in [5.41, 5.74) is 5.12. The van der Waals surface area contributed by atoms with Crippen LogP contribution in [0.5, 0.6) is 11.5 Å². The number of nitrogens with zero attached hydrogens (tertiary/aromatic N) is 2. The summed E-state index contributed by atoms with van der Waals surface area (Å²) >= 11 is 0. The smallest absolute Gasteiger partial charge is 0.331 e. The third kappa shape index (κ3) is 2.16. The van der Waals surface area contributed by atoms with Crippen LogP contribution in [0.15, 0.2) is 35.5 Å². The molecule has 0 fully saturated rings. The van der Waals surface area contributed by atoms with E-state index in [1.807, 2.05) is 0 Å². The van der Waals surface area contributed by atoms with Crippen LogP contribution < -0.4 is 20.8 Å². The summed E-state index contributed by atoms with van der Waals surface area (Å²) < 4.78 is 11.4. The summed E-state index contributed by atoms with van der Waals surface area (Å²) in [5, 5.41) is 9.44. The van der Waals surface area contributed by atoms with Crippen molar-refractivity contribution >= 4 is 11.7 Å². The van der Waals surface area contributed by atoms with Gasteiger partial charge in [-0.3, -0.25) is 9.36 Å². The van der Waals surface area contributed by atoms with E-state index in [1.165, 1.54) is 12.3 Å². The lowest BCUT2D eigenvalue weighted by Crippen LogP contribution is -2.32. The van der Waals surface area contributed by atoms with Crippen molar-refractivity contribution in [3.8, 4) is 11.5 Å². The number of aromatic nitrogens is 2. The third-order valence-corrected chi connectivity index (χ3v) is 3.11. The molecule has 0 saturated carbocycles. The molecule has 1 aliphatic rings. The zero-order chi connectivity index (χ0) is 15.0. The minimum absolute atomic E-state index is 0.0797. The topological polar surface area (TPSA) is 117 Å². The number of anilines is 1. The number of carboxylic acids is 1. The van der Waals surface area contributed by atoms with Gasteiger partial charge in [-0.05, 0) is 17.7 Å². The zero-order valence-corrected chi connectivity index (χ0v) is 10.7. The predicted molar refractivity (Wildman–Crippen MR) is 71.2 cm³/mol. The van der Waals surface area contributed by atoms with Crippen molar-refractivity contribution in [1.29, 1.82) is 0 Å². The lowest BCUT2D eigenvalue weighted by molar-refractivity contribution is -0.139. The number of rotatable bonds is 3. The first-order valence-electron chi connectivity index (χ1n) is 6.02. The first kappa shape index (κ1) is 13.0. The number of fused-ring (bicyclic) bond motifs is 1. The second-order valence-electron chi connectivity index (χ2n) is 4.41. The Kier molecular flexibility index (Phi) is 2.98. The minimum Gasteiger partial charge on any atom is -0.479 e. The van der Waals surface area contributed by atoms with Crippen LogP contribution in [0.2, 0.25) is 0 Å². The van der Waals surface area contributed by atoms with Crippen LogP contribution in [0.1, 0.15) is 11.6 Å². The number of carboxylic acid groups (broad SMARTS) is 1. The minimum atomic E-state index is -1.25. The third-order valence-electron chi connectivity index (χ3n) is 3.11. The van der Waals surface area contributed by atoms with Crippen molar-refractivity contribution in [2.24, 2.45) is 0 Å². The highest BCUT2D eigenvalue weighted by Gasteiger charge is 2.26. The van der Waals surface area contributed by atoms with Gasteiger partial charge in [-0.15, -0.1) is 0 Å². The van der Waals surface area contributed by atoms with Crippen LogP contribution >= 0.6 is 0 Å². The first-order chi connectivity index (χ1) is 10.1. The van der Waals surface area contributed by atoms with E-state index < -0.39 is 17.6 Å². The van der Waals surface area contributed by atoms with E-state index in [0.29, 0.717) is 17.1 Å². The van der Waals surface area contributed by atoms with Crippen molar-refractivity contribution in [2.75, 3.05) is 12.5 Å². The number of benzene rings is 1. The SMILES string of the molecule is Nc1cncn(C(C(=O)O)c2ccc3c(c2)OCO3)c1=O. The van der Waals surface area contributed by atoms with E-state index in [2.05, 4.69) is 4.98 Å². The molecule has 2 aromatic rings. The maximum absolute atomic E-state index is 12.0. The molecule has 2 heterocycles. The average molecular weight is 289 g/mol. The molecule has 1 aliphatic heterocycles. The maximum Gasteiger partial charge on any atom is 0.331 e. The highest BCUT2D eigenvalue weighted by atomic mass is 16.7. The highest BCUT2D eigenvalue weighted by Crippen LogP contribution is 2.34. The number of aliphatic carboxylic acids is 1. The fourth-order valence-electron chi connectivity index (χ4n) is 2.13. The van der Waals surface area contributed by atoms with E-state index in [4.69, 9.17) is 15.2 Å². The molecule has 1 aromatic carbocycles. The highest BCUT2D eigenvalue weighted by molar-refractivity contribution is 5.76. The molecule has 0 radical (unpaired) electrons. The van der Waals surface area contributed by atoms with Crippen LogP contribution in [0.25, 0.3) is 0 Å². The molecule has 108 valence electrons. The van der Waals surface area contributed by atoms with Gasteiger partial charge in [-0.2, -0.15) is 0 Å². The molecule has 1 unspecified atom stereocenters. The van der Waals surface area contributed by atoms with Crippen molar-refractivity contribution in [2.45, 2.75) is 6.04 Å². The largest absolute Gasteiger partial charge is 0.479 e. The van der Waals surface area contributed by atoms with E-state index in [-0.39, 0.29) is 12.5 Å². The Balaban J connectivity index is 2.13. The van der Waals surface area contributed by atoms with Crippen molar-refractivity contribution < 1.29 is 19.4 Å². The molecule has 0 aliphatic carbocycles. The van der Waals surface area contributed by atoms with Gasteiger partial charge < -0.3 is 20.3 Å². The summed E-state index contributed by atoms with van der Waals surface area (Å²) in [5.74, 6) is -0.243.